The van der Waals surface area contributed by atoms with Crippen molar-refractivity contribution in [3.63, 3.8) is 0 Å². The zero-order valence-corrected chi connectivity index (χ0v) is 10.4. The van der Waals surface area contributed by atoms with Gasteiger partial charge in [-0.2, -0.15) is 0 Å². The largest absolute Gasteiger partial charge is 0.464 e. The van der Waals surface area contributed by atoms with E-state index in [4.69, 9.17) is 4.74 Å². The van der Waals surface area contributed by atoms with Crippen LogP contribution in [0.1, 0.15) is 18.9 Å². The minimum atomic E-state index is -0.367. The minimum Gasteiger partial charge on any atom is -0.464 e. The molecule has 0 saturated carbocycles. The summed E-state index contributed by atoms with van der Waals surface area (Å²) >= 11 is 0. The molecule has 0 heterocycles. The first-order valence-electron chi connectivity index (χ1n) is 5.78. The summed E-state index contributed by atoms with van der Waals surface area (Å²) in [5.41, 5.74) is 2.05. The van der Waals surface area contributed by atoms with E-state index in [0.717, 1.165) is 11.3 Å². The van der Waals surface area contributed by atoms with Crippen LogP contribution in [0.5, 0.6) is 0 Å². The number of esters is 1. The smallest absolute Gasteiger partial charge is 0.328 e. The molecule has 92 valence electrons. The molecule has 1 unspecified atom stereocenters. The van der Waals surface area contributed by atoms with Crippen LogP contribution in [0.2, 0.25) is 0 Å². The van der Waals surface area contributed by atoms with Crippen LogP contribution in [0.3, 0.4) is 0 Å². The van der Waals surface area contributed by atoms with Gasteiger partial charge in [-0.3, -0.25) is 0 Å². The van der Waals surface area contributed by atoms with Crippen molar-refractivity contribution >= 4 is 11.7 Å². The molecule has 0 aliphatic carbocycles. The number of rotatable bonds is 6. The van der Waals surface area contributed by atoms with Crippen molar-refractivity contribution in [2.75, 3.05) is 11.9 Å². The molecule has 0 aliphatic rings. The Hall–Kier alpha value is -1.77. The standard InChI is InChI=1S/C14H19NO2/c1-4-8-13(14(16)17-5-2)15-12-10-7-6-9-11(12)3/h4,6-7,9-10,13,15H,1,5,8H2,2-3H3. The lowest BCUT2D eigenvalue weighted by Crippen LogP contribution is -2.31. The summed E-state index contributed by atoms with van der Waals surface area (Å²) in [6, 6.07) is 7.48. The van der Waals surface area contributed by atoms with Crippen LogP contribution in [-0.2, 0) is 9.53 Å². The first kappa shape index (κ1) is 13.3. The Labute approximate surface area is 102 Å². The molecule has 3 nitrogen and oxygen atoms in total. The second-order valence-electron chi connectivity index (χ2n) is 3.79. The third kappa shape index (κ3) is 3.94. The highest BCUT2D eigenvalue weighted by atomic mass is 16.5. The number of nitrogens with one attached hydrogen (secondary N) is 1. The van der Waals surface area contributed by atoms with Crippen molar-refractivity contribution in [3.8, 4) is 0 Å². The van der Waals surface area contributed by atoms with Gasteiger partial charge in [0.05, 0.1) is 6.61 Å². The molecule has 17 heavy (non-hydrogen) atoms. The fraction of sp³-hybridized carbons (Fsp3) is 0.357. The highest BCUT2D eigenvalue weighted by Crippen LogP contribution is 2.16. The van der Waals surface area contributed by atoms with Gasteiger partial charge in [0.25, 0.3) is 0 Å². The number of aryl methyl sites for hydroxylation is 1. The summed E-state index contributed by atoms with van der Waals surface area (Å²) in [4.78, 5) is 11.7. The van der Waals surface area contributed by atoms with Crippen molar-refractivity contribution in [1.82, 2.24) is 0 Å². The maximum absolute atomic E-state index is 11.7. The van der Waals surface area contributed by atoms with Gasteiger partial charge in [-0.05, 0) is 31.9 Å². The zero-order chi connectivity index (χ0) is 12.7. The molecule has 0 radical (unpaired) electrons. The van der Waals surface area contributed by atoms with Crippen molar-refractivity contribution in [3.05, 3.63) is 42.5 Å². The summed E-state index contributed by atoms with van der Waals surface area (Å²) < 4.78 is 5.02. The van der Waals surface area contributed by atoms with Crippen LogP contribution < -0.4 is 5.32 Å². The summed E-state index contributed by atoms with van der Waals surface area (Å²) in [5, 5.41) is 3.19. The van der Waals surface area contributed by atoms with Crippen LogP contribution in [0, 0.1) is 6.92 Å². The molecule has 0 spiro atoms. The molecule has 1 aromatic rings. The molecule has 0 aromatic heterocycles. The van der Waals surface area contributed by atoms with Gasteiger partial charge in [-0.1, -0.05) is 24.3 Å². The van der Waals surface area contributed by atoms with Gasteiger partial charge in [0.15, 0.2) is 0 Å². The fourth-order valence-electron chi connectivity index (χ4n) is 1.55. The van der Waals surface area contributed by atoms with Gasteiger partial charge >= 0.3 is 5.97 Å². The molecule has 0 amide bonds. The van der Waals surface area contributed by atoms with Gasteiger partial charge < -0.3 is 10.1 Å². The van der Waals surface area contributed by atoms with E-state index in [1.165, 1.54) is 0 Å². The fourth-order valence-corrected chi connectivity index (χ4v) is 1.55. The average Bonchev–Trinajstić information content (AvgIpc) is 2.31. The monoisotopic (exact) mass is 233 g/mol. The average molecular weight is 233 g/mol. The number of hydrogen-bond acceptors (Lipinski definition) is 3. The normalized spacial score (nSPS) is 11.6. The van der Waals surface area contributed by atoms with Gasteiger partial charge in [-0.25, -0.2) is 4.79 Å². The molecule has 0 saturated heterocycles. The van der Waals surface area contributed by atoms with Gasteiger partial charge in [0, 0.05) is 5.69 Å². The van der Waals surface area contributed by atoms with E-state index in [2.05, 4.69) is 11.9 Å². The van der Waals surface area contributed by atoms with E-state index >= 15 is 0 Å². The summed E-state index contributed by atoms with van der Waals surface area (Å²) in [7, 11) is 0. The maximum Gasteiger partial charge on any atom is 0.328 e. The zero-order valence-electron chi connectivity index (χ0n) is 10.4. The summed E-state index contributed by atoms with van der Waals surface area (Å²) in [6.45, 7) is 7.85. The lowest BCUT2D eigenvalue weighted by Gasteiger charge is -2.18. The lowest BCUT2D eigenvalue weighted by atomic mass is 10.1. The first-order valence-corrected chi connectivity index (χ1v) is 5.78. The molecule has 1 aromatic carbocycles. The van der Waals surface area contributed by atoms with E-state index in [9.17, 15) is 4.79 Å². The van der Waals surface area contributed by atoms with E-state index in [1.807, 2.05) is 31.2 Å². The maximum atomic E-state index is 11.7. The lowest BCUT2D eigenvalue weighted by molar-refractivity contribution is -0.143. The van der Waals surface area contributed by atoms with Crippen LogP contribution >= 0.6 is 0 Å². The third-order valence-corrected chi connectivity index (χ3v) is 2.45. The second-order valence-corrected chi connectivity index (χ2v) is 3.79. The minimum absolute atomic E-state index is 0.240. The number of anilines is 1. The van der Waals surface area contributed by atoms with Crippen LogP contribution in [0.15, 0.2) is 36.9 Å². The van der Waals surface area contributed by atoms with E-state index in [0.29, 0.717) is 13.0 Å². The number of benzene rings is 1. The van der Waals surface area contributed by atoms with Crippen molar-refractivity contribution < 1.29 is 9.53 Å². The highest BCUT2D eigenvalue weighted by molar-refractivity contribution is 5.79. The Kier molecular flexibility index (Phi) is 5.27. The van der Waals surface area contributed by atoms with Gasteiger partial charge in [0.1, 0.15) is 6.04 Å². The Bertz CT molecular complexity index is 388. The molecule has 0 fully saturated rings. The van der Waals surface area contributed by atoms with Crippen molar-refractivity contribution in [2.24, 2.45) is 0 Å². The third-order valence-electron chi connectivity index (χ3n) is 2.45. The topological polar surface area (TPSA) is 38.3 Å². The summed E-state index contributed by atoms with van der Waals surface area (Å²) in [6.07, 6.45) is 2.26. The number of carbonyl (C=O) groups is 1. The first-order chi connectivity index (χ1) is 8.19. The van der Waals surface area contributed by atoms with Crippen LogP contribution in [0.4, 0.5) is 5.69 Å². The van der Waals surface area contributed by atoms with Crippen LogP contribution in [0.25, 0.3) is 0 Å². The number of carbonyl (C=O) groups excluding carboxylic acids is 1. The molecule has 0 aliphatic heterocycles. The quantitative estimate of drug-likeness (QED) is 0.606. The van der Waals surface area contributed by atoms with Crippen LogP contribution in [-0.4, -0.2) is 18.6 Å². The molecule has 1 rings (SSSR count). The molecule has 0 bridgehead atoms. The van der Waals surface area contributed by atoms with Gasteiger partial charge in [-0.15, -0.1) is 6.58 Å². The highest BCUT2D eigenvalue weighted by Gasteiger charge is 2.18. The van der Waals surface area contributed by atoms with E-state index in [-0.39, 0.29) is 12.0 Å². The Morgan fingerprint density at radius 1 is 1.53 bits per heavy atom. The number of para-hydroxylation sites is 1. The van der Waals surface area contributed by atoms with Gasteiger partial charge in [0.2, 0.25) is 0 Å². The Balaban J connectivity index is 2.76. The molecular formula is C14H19NO2. The molecule has 3 heteroatoms. The molecular weight excluding hydrogens is 214 g/mol. The molecule has 1 N–H and O–H groups in total. The Morgan fingerprint density at radius 3 is 2.82 bits per heavy atom. The second kappa shape index (κ2) is 6.74. The Morgan fingerprint density at radius 2 is 2.24 bits per heavy atom. The predicted molar refractivity (Wildman–Crippen MR) is 70.0 cm³/mol. The summed E-state index contributed by atoms with van der Waals surface area (Å²) in [5.74, 6) is -0.240. The van der Waals surface area contributed by atoms with Crippen molar-refractivity contribution in [2.45, 2.75) is 26.3 Å². The predicted octanol–water partition coefficient (Wildman–Crippen LogP) is 2.91. The van der Waals surface area contributed by atoms with E-state index < -0.39 is 0 Å². The number of ether oxygens (including phenoxy) is 1. The van der Waals surface area contributed by atoms with E-state index in [1.54, 1.807) is 13.0 Å². The van der Waals surface area contributed by atoms with Crippen molar-refractivity contribution in [1.29, 1.82) is 0 Å². The molecule has 1 atom stereocenters. The SMILES string of the molecule is C=CCC(Nc1ccccc1C)C(=O)OCC. The number of hydrogen-bond donors (Lipinski definition) is 1.